The Balaban J connectivity index is 0.00000192. The summed E-state index contributed by atoms with van der Waals surface area (Å²) in [6.45, 7) is 2.66. The molecule has 1 atom stereocenters. The Morgan fingerprint density at radius 1 is 1.48 bits per heavy atom. The van der Waals surface area contributed by atoms with E-state index in [-0.39, 0.29) is 24.0 Å². The average molecular weight is 430 g/mol. The van der Waals surface area contributed by atoms with Crippen molar-refractivity contribution in [2.75, 3.05) is 38.6 Å². The molecule has 23 heavy (non-hydrogen) atoms. The molecule has 0 saturated carbocycles. The lowest BCUT2D eigenvalue weighted by Gasteiger charge is -2.32. The van der Waals surface area contributed by atoms with Crippen LogP contribution in [0.2, 0.25) is 0 Å². The molecule has 0 bridgehead atoms. The van der Waals surface area contributed by atoms with Gasteiger partial charge in [-0.05, 0) is 18.8 Å². The van der Waals surface area contributed by atoms with E-state index in [0.717, 1.165) is 43.9 Å². The molecule has 0 aromatic carbocycles. The molecule has 2 N–H and O–H groups in total. The maximum atomic E-state index is 5.87. The fourth-order valence-electron chi connectivity index (χ4n) is 2.74. The predicted molar refractivity (Wildman–Crippen MR) is 101 cm³/mol. The zero-order chi connectivity index (χ0) is 15.5. The zero-order valence-electron chi connectivity index (χ0n) is 13.5. The zero-order valence-corrected chi connectivity index (χ0v) is 15.8. The molecule has 1 unspecified atom stereocenters. The van der Waals surface area contributed by atoms with Gasteiger partial charge in [0.2, 0.25) is 5.65 Å². The maximum absolute atomic E-state index is 5.87. The third kappa shape index (κ3) is 4.01. The Bertz CT molecular complexity index is 668. The molecule has 8 nitrogen and oxygen atoms in total. The van der Waals surface area contributed by atoms with Gasteiger partial charge in [0.05, 0.1) is 0 Å². The van der Waals surface area contributed by atoms with Crippen molar-refractivity contribution in [3.05, 3.63) is 18.7 Å². The fourth-order valence-corrected chi connectivity index (χ4v) is 2.74. The lowest BCUT2D eigenvalue weighted by molar-refractivity contribution is 0.420. The highest BCUT2D eigenvalue weighted by atomic mass is 127. The van der Waals surface area contributed by atoms with Crippen molar-refractivity contribution in [2.45, 2.75) is 12.8 Å². The SMILES string of the molecule is CN(C)C(N)=NCC1CCCN(c2nccn3cnnc23)C1.I. The Kier molecular flexibility index (Phi) is 5.97. The summed E-state index contributed by atoms with van der Waals surface area (Å²) in [6, 6.07) is 0. The molecule has 2 aromatic heterocycles. The van der Waals surface area contributed by atoms with E-state index in [4.69, 9.17) is 5.73 Å². The monoisotopic (exact) mass is 430 g/mol. The molecule has 0 amide bonds. The minimum atomic E-state index is 0. The normalized spacial score (nSPS) is 18.8. The second kappa shape index (κ2) is 7.75. The van der Waals surface area contributed by atoms with Crippen molar-refractivity contribution in [3.8, 4) is 0 Å². The molecule has 0 aliphatic carbocycles. The minimum Gasteiger partial charge on any atom is -0.370 e. The number of anilines is 1. The van der Waals surface area contributed by atoms with Gasteiger partial charge in [0.25, 0.3) is 0 Å². The number of rotatable bonds is 3. The van der Waals surface area contributed by atoms with Gasteiger partial charge in [-0.25, -0.2) is 4.98 Å². The van der Waals surface area contributed by atoms with Gasteiger partial charge in [0.1, 0.15) is 6.33 Å². The molecular formula is C14H23IN8. The fraction of sp³-hybridized carbons (Fsp3) is 0.571. The van der Waals surface area contributed by atoms with Crippen LogP contribution in [-0.2, 0) is 0 Å². The number of nitrogens with two attached hydrogens (primary N) is 1. The van der Waals surface area contributed by atoms with Gasteiger partial charge >= 0.3 is 0 Å². The number of piperidine rings is 1. The summed E-state index contributed by atoms with van der Waals surface area (Å²) in [6.07, 6.45) is 7.64. The number of aliphatic imine (C=N–C) groups is 1. The standard InChI is InChI=1S/C14H22N8.HI/c1-20(2)14(15)17-8-11-4-3-6-21(9-11)12-13-19-18-10-22(13)7-5-16-12;/h5,7,10-11H,3-4,6,8-9H2,1-2H3,(H2,15,17);1H. The highest BCUT2D eigenvalue weighted by Crippen LogP contribution is 2.24. The van der Waals surface area contributed by atoms with Crippen LogP contribution < -0.4 is 10.6 Å². The van der Waals surface area contributed by atoms with Crippen molar-refractivity contribution >= 4 is 41.4 Å². The van der Waals surface area contributed by atoms with Gasteiger partial charge in [0.15, 0.2) is 11.8 Å². The van der Waals surface area contributed by atoms with E-state index in [2.05, 4.69) is 25.1 Å². The maximum Gasteiger partial charge on any atom is 0.203 e. The molecule has 126 valence electrons. The first-order valence-corrected chi connectivity index (χ1v) is 7.51. The van der Waals surface area contributed by atoms with E-state index in [1.165, 1.54) is 0 Å². The average Bonchev–Trinajstić information content (AvgIpc) is 3.01. The van der Waals surface area contributed by atoms with Crippen LogP contribution in [0.25, 0.3) is 5.65 Å². The molecule has 0 radical (unpaired) electrons. The van der Waals surface area contributed by atoms with Crippen LogP contribution in [0, 0.1) is 5.92 Å². The number of nitrogens with zero attached hydrogens (tertiary/aromatic N) is 7. The van der Waals surface area contributed by atoms with E-state index in [1.54, 1.807) is 12.5 Å². The van der Waals surface area contributed by atoms with E-state index >= 15 is 0 Å². The lowest BCUT2D eigenvalue weighted by atomic mass is 9.98. The number of aromatic nitrogens is 4. The van der Waals surface area contributed by atoms with Crippen molar-refractivity contribution < 1.29 is 0 Å². The van der Waals surface area contributed by atoms with E-state index in [0.29, 0.717) is 11.9 Å². The van der Waals surface area contributed by atoms with Crippen molar-refractivity contribution in [1.82, 2.24) is 24.5 Å². The first-order chi connectivity index (χ1) is 10.6. The summed E-state index contributed by atoms with van der Waals surface area (Å²) < 4.78 is 1.90. The van der Waals surface area contributed by atoms with Gasteiger partial charge in [-0.3, -0.25) is 9.39 Å². The van der Waals surface area contributed by atoms with E-state index in [1.807, 2.05) is 29.6 Å². The number of halogens is 1. The van der Waals surface area contributed by atoms with Crippen LogP contribution in [0.3, 0.4) is 0 Å². The topological polar surface area (TPSA) is 87.9 Å². The smallest absolute Gasteiger partial charge is 0.203 e. The Morgan fingerprint density at radius 2 is 2.30 bits per heavy atom. The van der Waals surface area contributed by atoms with Gasteiger partial charge in [-0.1, -0.05) is 0 Å². The molecule has 3 rings (SSSR count). The largest absolute Gasteiger partial charge is 0.370 e. The molecule has 0 spiro atoms. The summed E-state index contributed by atoms with van der Waals surface area (Å²) in [4.78, 5) is 13.1. The quantitative estimate of drug-likeness (QED) is 0.441. The summed E-state index contributed by atoms with van der Waals surface area (Å²) in [5.41, 5.74) is 6.67. The number of hydrogen-bond donors (Lipinski definition) is 1. The number of hydrogen-bond acceptors (Lipinski definition) is 5. The molecule has 1 aliphatic heterocycles. The first kappa shape index (κ1) is 17.7. The van der Waals surface area contributed by atoms with Crippen molar-refractivity contribution in [2.24, 2.45) is 16.6 Å². The molecule has 9 heteroatoms. The Labute approximate surface area is 152 Å². The van der Waals surface area contributed by atoms with Crippen LogP contribution in [0.15, 0.2) is 23.7 Å². The van der Waals surface area contributed by atoms with Crippen molar-refractivity contribution in [1.29, 1.82) is 0 Å². The Hall–Kier alpha value is -1.65. The first-order valence-electron chi connectivity index (χ1n) is 7.51. The van der Waals surface area contributed by atoms with Crippen LogP contribution in [0.4, 0.5) is 5.82 Å². The van der Waals surface area contributed by atoms with Crippen LogP contribution in [0.1, 0.15) is 12.8 Å². The predicted octanol–water partition coefficient (Wildman–Crippen LogP) is 0.835. The van der Waals surface area contributed by atoms with Gasteiger partial charge < -0.3 is 15.5 Å². The third-order valence-corrected chi connectivity index (χ3v) is 3.99. The van der Waals surface area contributed by atoms with Crippen LogP contribution in [-0.4, -0.2) is 64.2 Å². The summed E-state index contributed by atoms with van der Waals surface area (Å²) in [5.74, 6) is 1.96. The highest BCUT2D eigenvalue weighted by molar-refractivity contribution is 14.0. The highest BCUT2D eigenvalue weighted by Gasteiger charge is 2.23. The van der Waals surface area contributed by atoms with Gasteiger partial charge in [-0.2, -0.15) is 0 Å². The Morgan fingerprint density at radius 3 is 3.09 bits per heavy atom. The second-order valence-corrected chi connectivity index (χ2v) is 5.86. The van der Waals surface area contributed by atoms with Gasteiger partial charge in [-0.15, -0.1) is 34.2 Å². The van der Waals surface area contributed by atoms with E-state index < -0.39 is 0 Å². The summed E-state index contributed by atoms with van der Waals surface area (Å²) >= 11 is 0. The third-order valence-electron chi connectivity index (χ3n) is 3.99. The molecule has 2 aromatic rings. The minimum absolute atomic E-state index is 0. The molecule has 1 fully saturated rings. The summed E-state index contributed by atoms with van der Waals surface area (Å²) in [5, 5.41) is 8.13. The number of guanidine groups is 1. The molecule has 3 heterocycles. The summed E-state index contributed by atoms with van der Waals surface area (Å²) in [7, 11) is 3.81. The van der Waals surface area contributed by atoms with Crippen LogP contribution >= 0.6 is 24.0 Å². The number of fused-ring (bicyclic) bond motifs is 1. The van der Waals surface area contributed by atoms with Crippen molar-refractivity contribution in [3.63, 3.8) is 0 Å². The second-order valence-electron chi connectivity index (χ2n) is 5.86. The van der Waals surface area contributed by atoms with E-state index in [9.17, 15) is 0 Å². The molecule has 1 saturated heterocycles. The van der Waals surface area contributed by atoms with Crippen LogP contribution in [0.5, 0.6) is 0 Å². The van der Waals surface area contributed by atoms with Gasteiger partial charge in [0, 0.05) is 46.1 Å². The molecule has 1 aliphatic rings. The molecular weight excluding hydrogens is 407 g/mol. The lowest BCUT2D eigenvalue weighted by Crippen LogP contribution is -2.38.